The van der Waals surface area contributed by atoms with Gasteiger partial charge in [-0.1, -0.05) is 5.16 Å². The van der Waals surface area contributed by atoms with E-state index in [0.29, 0.717) is 5.75 Å². The Balaban J connectivity index is 2.05. The van der Waals surface area contributed by atoms with Crippen LogP contribution in [0.15, 0.2) is 5.16 Å². The SMILES string of the molecule is CON=CCSC1SC2C(C(C)O)C(=O)N2C1C(=O)O. The topological polar surface area (TPSA) is 99.4 Å². The molecule has 5 atom stereocenters. The molecule has 0 spiro atoms. The largest absolute Gasteiger partial charge is 0.480 e. The molecule has 20 heavy (non-hydrogen) atoms. The predicted octanol–water partition coefficient (Wildman–Crippen LogP) is 0.0432. The van der Waals surface area contributed by atoms with Crippen LogP contribution in [-0.4, -0.2) is 68.2 Å². The molecule has 0 radical (unpaired) electrons. The van der Waals surface area contributed by atoms with Gasteiger partial charge in [0.1, 0.15) is 7.11 Å². The van der Waals surface area contributed by atoms with Crippen molar-refractivity contribution in [2.75, 3.05) is 12.9 Å². The van der Waals surface area contributed by atoms with E-state index in [9.17, 15) is 19.8 Å². The molecule has 2 N–H and O–H groups in total. The number of carbonyl (C=O) groups is 2. The molecule has 5 unspecified atom stereocenters. The smallest absolute Gasteiger partial charge is 0.328 e. The minimum Gasteiger partial charge on any atom is -0.480 e. The van der Waals surface area contributed by atoms with Crippen molar-refractivity contribution < 1.29 is 24.6 Å². The van der Waals surface area contributed by atoms with Crippen LogP contribution in [0.1, 0.15) is 6.92 Å². The second-order valence-corrected chi connectivity index (χ2v) is 7.23. The van der Waals surface area contributed by atoms with Crippen LogP contribution in [-0.2, 0) is 14.4 Å². The highest BCUT2D eigenvalue weighted by Gasteiger charge is 2.61. The van der Waals surface area contributed by atoms with Crippen LogP contribution in [0.25, 0.3) is 0 Å². The molecular formula is C11H16N2O5S2. The normalized spacial score (nSPS) is 34.0. The van der Waals surface area contributed by atoms with E-state index in [4.69, 9.17) is 0 Å². The summed E-state index contributed by atoms with van der Waals surface area (Å²) in [6, 6.07) is -0.853. The van der Waals surface area contributed by atoms with Gasteiger partial charge in [-0.15, -0.1) is 23.5 Å². The average Bonchev–Trinajstić information content (AvgIpc) is 2.69. The lowest BCUT2D eigenvalue weighted by Gasteiger charge is -2.44. The molecule has 112 valence electrons. The molecule has 2 aliphatic rings. The molecule has 2 aliphatic heterocycles. The summed E-state index contributed by atoms with van der Waals surface area (Å²) < 4.78 is -0.270. The number of nitrogens with zero attached hydrogens (tertiary/aromatic N) is 2. The Hall–Kier alpha value is -0.930. The Morgan fingerprint density at radius 1 is 1.70 bits per heavy atom. The number of fused-ring (bicyclic) bond motifs is 1. The number of thioether (sulfide) groups is 2. The summed E-state index contributed by atoms with van der Waals surface area (Å²) in [5, 5.41) is 22.2. The minimum absolute atomic E-state index is 0.250. The van der Waals surface area contributed by atoms with Gasteiger partial charge in [0.25, 0.3) is 0 Å². The van der Waals surface area contributed by atoms with E-state index in [1.165, 1.54) is 35.5 Å². The van der Waals surface area contributed by atoms with E-state index < -0.39 is 24.0 Å². The van der Waals surface area contributed by atoms with Gasteiger partial charge >= 0.3 is 5.97 Å². The maximum atomic E-state index is 12.0. The number of aliphatic hydroxyl groups is 1. The zero-order valence-electron chi connectivity index (χ0n) is 11.0. The molecular weight excluding hydrogens is 304 g/mol. The van der Waals surface area contributed by atoms with Gasteiger partial charge in [-0.05, 0) is 6.92 Å². The first-order valence-electron chi connectivity index (χ1n) is 6.04. The predicted molar refractivity (Wildman–Crippen MR) is 76.6 cm³/mol. The summed E-state index contributed by atoms with van der Waals surface area (Å²) in [7, 11) is 1.43. The van der Waals surface area contributed by atoms with Crippen LogP contribution in [0, 0.1) is 5.92 Å². The maximum Gasteiger partial charge on any atom is 0.328 e. The van der Waals surface area contributed by atoms with Crippen molar-refractivity contribution in [2.45, 2.75) is 29.0 Å². The van der Waals surface area contributed by atoms with Gasteiger partial charge in [0.2, 0.25) is 5.91 Å². The first kappa shape index (κ1) is 15.5. The zero-order valence-corrected chi connectivity index (χ0v) is 12.6. The monoisotopic (exact) mass is 320 g/mol. The van der Waals surface area contributed by atoms with Crippen LogP contribution in [0.2, 0.25) is 0 Å². The minimum atomic E-state index is -1.02. The molecule has 7 nitrogen and oxygen atoms in total. The third-order valence-electron chi connectivity index (χ3n) is 3.24. The summed E-state index contributed by atoms with van der Waals surface area (Å²) in [6.45, 7) is 1.56. The molecule has 0 aromatic heterocycles. The van der Waals surface area contributed by atoms with Crippen molar-refractivity contribution >= 4 is 41.6 Å². The van der Waals surface area contributed by atoms with Crippen LogP contribution >= 0.6 is 23.5 Å². The number of hydrogen-bond donors (Lipinski definition) is 2. The summed E-state index contributed by atoms with van der Waals surface area (Å²) >= 11 is 2.82. The van der Waals surface area contributed by atoms with Crippen molar-refractivity contribution in [3.05, 3.63) is 0 Å². The summed E-state index contributed by atoms with van der Waals surface area (Å²) in [4.78, 5) is 29.2. The van der Waals surface area contributed by atoms with Crippen LogP contribution in [0.5, 0.6) is 0 Å². The number of rotatable bonds is 6. The summed E-state index contributed by atoms with van der Waals surface area (Å²) in [5.74, 6) is -1.29. The molecule has 0 aliphatic carbocycles. The third kappa shape index (κ3) is 2.61. The fraction of sp³-hybridized carbons (Fsp3) is 0.727. The van der Waals surface area contributed by atoms with Crippen LogP contribution in [0.3, 0.4) is 0 Å². The van der Waals surface area contributed by atoms with Gasteiger partial charge in [0, 0.05) is 5.75 Å². The molecule has 0 saturated carbocycles. The van der Waals surface area contributed by atoms with E-state index >= 15 is 0 Å². The standard InChI is InChI=1S/C11H16N2O5S2/c1-5(14)6-8(15)13-7(10(16)17)11(20-9(6)13)19-4-3-12-18-2/h3,5-7,9,11,14H,4H2,1-2H3,(H,16,17). The lowest BCUT2D eigenvalue weighted by molar-refractivity contribution is -0.166. The van der Waals surface area contributed by atoms with Gasteiger partial charge in [-0.25, -0.2) is 4.79 Å². The Morgan fingerprint density at radius 3 is 2.95 bits per heavy atom. The number of β-lactam (4-membered cyclic amide) rings is 1. The first-order valence-corrected chi connectivity index (χ1v) is 8.03. The number of oxime groups is 1. The molecule has 2 saturated heterocycles. The number of carboxylic acids is 1. The van der Waals surface area contributed by atoms with Crippen molar-refractivity contribution in [2.24, 2.45) is 11.1 Å². The number of hydrogen-bond acceptors (Lipinski definition) is 7. The van der Waals surface area contributed by atoms with Crippen molar-refractivity contribution in [1.82, 2.24) is 4.90 Å². The number of carbonyl (C=O) groups excluding carboxylic acids is 1. The Labute approximate surface area is 124 Å². The second kappa shape index (κ2) is 6.23. The first-order chi connectivity index (χ1) is 9.49. The van der Waals surface area contributed by atoms with Crippen molar-refractivity contribution in [3.63, 3.8) is 0 Å². The van der Waals surface area contributed by atoms with Gasteiger partial charge in [0.05, 0.1) is 28.2 Å². The highest BCUT2D eigenvalue weighted by atomic mass is 32.2. The molecule has 2 heterocycles. The number of carboxylic acid groups (broad SMARTS) is 1. The highest BCUT2D eigenvalue weighted by molar-refractivity contribution is 8.17. The van der Waals surface area contributed by atoms with Crippen LogP contribution in [0.4, 0.5) is 0 Å². The lowest BCUT2D eigenvalue weighted by atomic mass is 9.91. The van der Waals surface area contributed by atoms with Gasteiger partial charge in [0.15, 0.2) is 6.04 Å². The molecule has 9 heteroatoms. The molecule has 0 aromatic rings. The Bertz CT molecular complexity index is 431. The van der Waals surface area contributed by atoms with E-state index in [1.54, 1.807) is 13.1 Å². The fourth-order valence-corrected chi connectivity index (χ4v) is 5.56. The molecule has 2 fully saturated rings. The third-order valence-corrected chi connectivity index (χ3v) is 6.23. The van der Waals surface area contributed by atoms with Gasteiger partial charge < -0.3 is 20.0 Å². The van der Waals surface area contributed by atoms with Crippen LogP contribution < -0.4 is 0 Å². The number of aliphatic carboxylic acids is 1. The lowest BCUT2D eigenvalue weighted by Crippen LogP contribution is -2.64. The van der Waals surface area contributed by atoms with E-state index in [0.717, 1.165) is 0 Å². The Kier molecular flexibility index (Phi) is 4.82. The molecule has 1 amide bonds. The van der Waals surface area contributed by atoms with Gasteiger partial charge in [-0.2, -0.15) is 0 Å². The molecule has 2 rings (SSSR count). The Morgan fingerprint density at radius 2 is 2.40 bits per heavy atom. The van der Waals surface area contributed by atoms with Crippen molar-refractivity contribution in [3.8, 4) is 0 Å². The summed E-state index contributed by atoms with van der Waals surface area (Å²) in [6.07, 6.45) is 0.790. The fourth-order valence-electron chi connectivity index (χ4n) is 2.35. The maximum absolute atomic E-state index is 12.0. The van der Waals surface area contributed by atoms with E-state index in [2.05, 4.69) is 9.99 Å². The quantitative estimate of drug-likeness (QED) is 0.405. The van der Waals surface area contributed by atoms with E-state index in [1.807, 2.05) is 0 Å². The molecule has 0 bridgehead atoms. The second-order valence-electron chi connectivity index (χ2n) is 4.49. The number of amides is 1. The van der Waals surface area contributed by atoms with Crippen molar-refractivity contribution in [1.29, 1.82) is 0 Å². The molecule has 0 aromatic carbocycles. The van der Waals surface area contributed by atoms with E-state index in [-0.39, 0.29) is 15.9 Å². The summed E-state index contributed by atoms with van der Waals surface area (Å²) in [5.41, 5.74) is 0. The number of aliphatic hydroxyl groups excluding tert-OH is 1. The zero-order chi connectivity index (χ0) is 14.9. The average molecular weight is 320 g/mol. The van der Waals surface area contributed by atoms with Gasteiger partial charge in [-0.3, -0.25) is 4.79 Å². The highest BCUT2D eigenvalue weighted by Crippen LogP contribution is 2.51.